The minimum Gasteiger partial charge on any atom is -1.00 e. The Bertz CT molecular complexity index is 1140. The fourth-order valence-electron chi connectivity index (χ4n) is 5.81. The summed E-state index contributed by atoms with van der Waals surface area (Å²) in [6.45, 7) is 5.54. The SMILES string of the molecule is CC1=Nc2cc(Cl)ccc2[NH+]1C1CC[NH+](CCCC(c2ccc(F)cc2)c2ccc(F)cc2)CC1.[Cl-]. The molecule has 0 radical (unpaired) electrons. The first-order valence-corrected chi connectivity index (χ1v) is 12.9. The lowest BCUT2D eigenvalue weighted by atomic mass is 9.87. The Morgan fingerprint density at radius 1 is 0.917 bits per heavy atom. The number of quaternary nitrogens is 2. The van der Waals surface area contributed by atoms with Crippen LogP contribution in [0.3, 0.4) is 0 Å². The third kappa shape index (κ3) is 5.97. The molecule has 190 valence electrons. The molecule has 2 heterocycles. The number of rotatable bonds is 7. The van der Waals surface area contributed by atoms with Crippen LogP contribution < -0.4 is 22.2 Å². The molecule has 0 amide bonds. The van der Waals surface area contributed by atoms with Crippen LogP contribution in [-0.2, 0) is 0 Å². The molecule has 0 bridgehead atoms. The van der Waals surface area contributed by atoms with E-state index in [1.54, 1.807) is 4.90 Å². The molecule has 0 spiro atoms. The molecule has 3 aromatic carbocycles. The number of amidine groups is 1. The minimum atomic E-state index is -0.231. The van der Waals surface area contributed by atoms with Crippen LogP contribution in [0, 0.1) is 11.6 Å². The Kier molecular flexibility index (Phi) is 8.78. The monoisotopic (exact) mass is 530 g/mol. The summed E-state index contributed by atoms with van der Waals surface area (Å²) >= 11 is 6.17. The van der Waals surface area contributed by atoms with Crippen LogP contribution in [0.1, 0.15) is 49.7 Å². The minimum absolute atomic E-state index is 0. The number of hydrogen-bond donors (Lipinski definition) is 2. The number of nitrogens with one attached hydrogen (secondary N) is 2. The van der Waals surface area contributed by atoms with Crippen molar-refractivity contribution in [2.45, 2.75) is 44.6 Å². The second kappa shape index (κ2) is 11.8. The zero-order valence-electron chi connectivity index (χ0n) is 20.4. The van der Waals surface area contributed by atoms with E-state index in [4.69, 9.17) is 16.6 Å². The number of hydrogen-bond acceptors (Lipinski definition) is 1. The Hall–Kier alpha value is -2.31. The number of nitrogens with zero attached hydrogens (tertiary/aromatic N) is 1. The normalized spacial score (nSPS) is 21.1. The standard InChI is InChI=1S/C29H30ClF2N3.ClH/c1-20-33-28-19-23(30)8-13-29(28)35(20)26-14-17-34(18-15-26)16-2-3-27(21-4-9-24(31)10-5-21)22-6-11-25(32)12-7-22;/h4-13,19,26-27H,2-3,14-18H2,1H3;1H/p+1. The van der Waals surface area contributed by atoms with Gasteiger partial charge in [-0.05, 0) is 60.4 Å². The zero-order valence-corrected chi connectivity index (χ0v) is 21.9. The van der Waals surface area contributed by atoms with Crippen LogP contribution in [0.4, 0.5) is 20.2 Å². The van der Waals surface area contributed by atoms with E-state index in [1.807, 2.05) is 36.4 Å². The van der Waals surface area contributed by atoms with E-state index in [9.17, 15) is 8.78 Å². The molecule has 1 unspecified atom stereocenters. The van der Waals surface area contributed by atoms with Gasteiger partial charge in [-0.3, -0.25) is 4.90 Å². The summed E-state index contributed by atoms with van der Waals surface area (Å²) in [4.78, 5) is 7.81. The summed E-state index contributed by atoms with van der Waals surface area (Å²) in [5, 5.41) is 0.736. The van der Waals surface area contributed by atoms with Gasteiger partial charge in [0, 0.05) is 36.8 Å². The number of likely N-dealkylation sites (tertiary alicyclic amines) is 1. The highest BCUT2D eigenvalue weighted by molar-refractivity contribution is 6.31. The number of halogens is 4. The van der Waals surface area contributed by atoms with Gasteiger partial charge in [0.15, 0.2) is 5.69 Å². The lowest BCUT2D eigenvalue weighted by Gasteiger charge is -2.32. The molecule has 1 saturated heterocycles. The van der Waals surface area contributed by atoms with E-state index >= 15 is 0 Å². The largest absolute Gasteiger partial charge is 1.00 e. The molecule has 1 fully saturated rings. The molecule has 0 saturated carbocycles. The highest BCUT2D eigenvalue weighted by Gasteiger charge is 2.37. The van der Waals surface area contributed by atoms with Gasteiger partial charge in [0.25, 0.3) is 0 Å². The van der Waals surface area contributed by atoms with Gasteiger partial charge in [0.2, 0.25) is 5.84 Å². The van der Waals surface area contributed by atoms with Gasteiger partial charge in [0.1, 0.15) is 23.4 Å². The van der Waals surface area contributed by atoms with Gasteiger partial charge >= 0.3 is 0 Å². The maximum Gasteiger partial charge on any atom is 0.204 e. The third-order valence-corrected chi connectivity index (χ3v) is 7.83. The molecule has 2 aliphatic heterocycles. The van der Waals surface area contributed by atoms with E-state index in [0.717, 1.165) is 60.1 Å². The molecule has 2 aliphatic rings. The quantitative estimate of drug-likeness (QED) is 0.465. The topological polar surface area (TPSA) is 21.2 Å². The fraction of sp³-hybridized carbons (Fsp3) is 0.345. The summed E-state index contributed by atoms with van der Waals surface area (Å²) in [5.74, 6) is 0.816. The van der Waals surface area contributed by atoms with Crippen molar-refractivity contribution in [1.82, 2.24) is 0 Å². The van der Waals surface area contributed by atoms with Gasteiger partial charge in [-0.25, -0.2) is 8.78 Å². The number of piperidine rings is 1. The fourth-order valence-corrected chi connectivity index (χ4v) is 5.98. The maximum atomic E-state index is 13.5. The first-order valence-electron chi connectivity index (χ1n) is 12.5. The molecule has 1 atom stereocenters. The zero-order chi connectivity index (χ0) is 24.4. The first-order chi connectivity index (χ1) is 17.0. The summed E-state index contributed by atoms with van der Waals surface area (Å²) in [5.41, 5.74) is 4.42. The summed E-state index contributed by atoms with van der Waals surface area (Å²) < 4.78 is 27.0. The maximum absolute atomic E-state index is 13.5. The Labute approximate surface area is 223 Å². The van der Waals surface area contributed by atoms with Crippen LogP contribution in [0.25, 0.3) is 0 Å². The average molecular weight is 531 g/mol. The second-order valence-corrected chi connectivity index (χ2v) is 10.3. The lowest BCUT2D eigenvalue weighted by molar-refractivity contribution is -0.917. The smallest absolute Gasteiger partial charge is 0.204 e. The number of benzene rings is 3. The van der Waals surface area contributed by atoms with Crippen molar-refractivity contribution in [3.05, 3.63) is 94.5 Å². The van der Waals surface area contributed by atoms with Crippen LogP contribution in [0.2, 0.25) is 5.02 Å². The van der Waals surface area contributed by atoms with Gasteiger partial charge in [-0.1, -0.05) is 35.9 Å². The lowest BCUT2D eigenvalue weighted by Crippen LogP contribution is -3.19. The molecule has 3 aromatic rings. The molecule has 2 N–H and O–H groups in total. The van der Waals surface area contributed by atoms with Crippen molar-refractivity contribution in [2.75, 3.05) is 19.6 Å². The van der Waals surface area contributed by atoms with Gasteiger partial charge in [-0.15, -0.1) is 0 Å². The van der Waals surface area contributed by atoms with Crippen LogP contribution >= 0.6 is 11.6 Å². The Morgan fingerprint density at radius 2 is 1.50 bits per heavy atom. The molecule has 5 rings (SSSR count). The molecule has 7 heteroatoms. The van der Waals surface area contributed by atoms with E-state index in [0.29, 0.717) is 6.04 Å². The van der Waals surface area contributed by atoms with Crippen molar-refractivity contribution in [3.8, 4) is 0 Å². The highest BCUT2D eigenvalue weighted by atomic mass is 35.5. The Morgan fingerprint density at radius 3 is 2.08 bits per heavy atom. The number of fused-ring (bicyclic) bond motifs is 1. The number of aliphatic imine (C=N–C) groups is 1. The van der Waals surface area contributed by atoms with Crippen molar-refractivity contribution < 1.29 is 31.0 Å². The van der Waals surface area contributed by atoms with Crippen molar-refractivity contribution in [3.63, 3.8) is 0 Å². The second-order valence-electron chi connectivity index (χ2n) is 9.84. The molecular weight excluding hydrogens is 499 g/mol. The van der Waals surface area contributed by atoms with Gasteiger partial charge in [-0.2, -0.15) is 4.99 Å². The van der Waals surface area contributed by atoms with Crippen molar-refractivity contribution in [2.24, 2.45) is 4.99 Å². The third-order valence-electron chi connectivity index (χ3n) is 7.60. The summed E-state index contributed by atoms with van der Waals surface area (Å²) in [6, 6.07) is 20.1. The predicted molar refractivity (Wildman–Crippen MR) is 137 cm³/mol. The van der Waals surface area contributed by atoms with Gasteiger partial charge < -0.3 is 17.3 Å². The molecule has 0 aliphatic carbocycles. The predicted octanol–water partition coefficient (Wildman–Crippen LogP) is 1.86. The molecule has 36 heavy (non-hydrogen) atoms. The summed E-state index contributed by atoms with van der Waals surface area (Å²) in [6.07, 6.45) is 4.36. The molecule has 0 aromatic heterocycles. The van der Waals surface area contributed by atoms with E-state index in [2.05, 4.69) is 13.0 Å². The van der Waals surface area contributed by atoms with Crippen molar-refractivity contribution >= 4 is 28.8 Å². The first kappa shape index (κ1) is 26.7. The summed E-state index contributed by atoms with van der Waals surface area (Å²) in [7, 11) is 0. The highest BCUT2D eigenvalue weighted by Crippen LogP contribution is 2.30. The van der Waals surface area contributed by atoms with Crippen LogP contribution in [0.15, 0.2) is 71.7 Å². The van der Waals surface area contributed by atoms with Crippen LogP contribution in [-0.4, -0.2) is 31.5 Å². The molecular formula is C29H32Cl2F2N3+. The van der Waals surface area contributed by atoms with Crippen molar-refractivity contribution in [1.29, 1.82) is 0 Å². The van der Waals surface area contributed by atoms with E-state index in [-0.39, 0.29) is 30.0 Å². The van der Waals surface area contributed by atoms with Crippen LogP contribution in [0.5, 0.6) is 0 Å². The van der Waals surface area contributed by atoms with E-state index < -0.39 is 0 Å². The Balaban J connectivity index is 0.00000304. The van der Waals surface area contributed by atoms with Gasteiger partial charge in [0.05, 0.1) is 19.6 Å². The van der Waals surface area contributed by atoms with E-state index in [1.165, 1.54) is 47.7 Å². The average Bonchev–Trinajstić information content (AvgIpc) is 3.18. The molecule has 3 nitrogen and oxygen atoms in total.